The summed E-state index contributed by atoms with van der Waals surface area (Å²) < 4.78 is 25.7. The van der Waals surface area contributed by atoms with Crippen LogP contribution in [0.1, 0.15) is 38.8 Å². The van der Waals surface area contributed by atoms with Gasteiger partial charge >= 0.3 is 7.12 Å². The van der Waals surface area contributed by atoms with E-state index in [1.54, 1.807) is 6.07 Å². The maximum Gasteiger partial charge on any atom is 0.525 e. The standard InChI is InChI=1S/C15H19BClFO2/c1-10-7-6-8-11(13(10)17)9-12(18)16-19-14(2,3)15(4,5)20-16/h6-9H,1-5H3/b12-9-. The van der Waals surface area contributed by atoms with E-state index in [9.17, 15) is 4.39 Å². The van der Waals surface area contributed by atoms with Gasteiger partial charge < -0.3 is 9.31 Å². The van der Waals surface area contributed by atoms with Crippen molar-refractivity contribution >= 4 is 24.8 Å². The van der Waals surface area contributed by atoms with Crippen LogP contribution >= 0.6 is 11.6 Å². The maximum atomic E-state index is 14.3. The molecule has 5 heteroatoms. The molecule has 0 N–H and O–H groups in total. The van der Waals surface area contributed by atoms with Gasteiger partial charge in [0.2, 0.25) is 0 Å². The molecule has 0 saturated carbocycles. The molecule has 20 heavy (non-hydrogen) atoms. The minimum Gasteiger partial charge on any atom is -0.398 e. The average Bonchev–Trinajstić information content (AvgIpc) is 2.54. The van der Waals surface area contributed by atoms with Gasteiger partial charge in [-0.15, -0.1) is 0 Å². The highest BCUT2D eigenvalue weighted by Crippen LogP contribution is 2.39. The van der Waals surface area contributed by atoms with Crippen LogP contribution in [0.3, 0.4) is 0 Å². The first-order valence-corrected chi connectivity index (χ1v) is 7.00. The van der Waals surface area contributed by atoms with Gasteiger partial charge in [-0.2, -0.15) is 0 Å². The van der Waals surface area contributed by atoms with E-state index in [0.29, 0.717) is 10.6 Å². The van der Waals surface area contributed by atoms with Crippen LogP contribution in [0, 0.1) is 6.92 Å². The molecule has 0 atom stereocenters. The Bertz CT molecular complexity index is 539. The lowest BCUT2D eigenvalue weighted by atomic mass is 9.86. The van der Waals surface area contributed by atoms with Crippen LogP contribution in [0.5, 0.6) is 0 Å². The topological polar surface area (TPSA) is 18.5 Å². The van der Waals surface area contributed by atoms with Gasteiger partial charge in [0.1, 0.15) is 5.73 Å². The van der Waals surface area contributed by atoms with Crippen molar-refractivity contribution in [1.82, 2.24) is 0 Å². The molecule has 0 bridgehead atoms. The summed E-state index contributed by atoms with van der Waals surface area (Å²) in [6.45, 7) is 9.44. The van der Waals surface area contributed by atoms with Crippen molar-refractivity contribution in [2.75, 3.05) is 0 Å². The summed E-state index contributed by atoms with van der Waals surface area (Å²) in [5.41, 5.74) is -0.0597. The molecule has 1 aliphatic rings. The number of benzene rings is 1. The van der Waals surface area contributed by atoms with Crippen molar-refractivity contribution in [2.45, 2.75) is 45.8 Å². The van der Waals surface area contributed by atoms with Gasteiger partial charge in [0.15, 0.2) is 0 Å². The molecule has 0 amide bonds. The second-order valence-electron chi connectivity index (χ2n) is 6.10. The van der Waals surface area contributed by atoms with Gasteiger partial charge in [-0.25, -0.2) is 4.39 Å². The van der Waals surface area contributed by atoms with E-state index in [2.05, 4.69) is 0 Å². The Morgan fingerprint density at radius 2 is 1.75 bits per heavy atom. The largest absolute Gasteiger partial charge is 0.525 e. The Morgan fingerprint density at radius 3 is 2.30 bits per heavy atom. The van der Waals surface area contributed by atoms with Crippen LogP contribution in [0.15, 0.2) is 23.9 Å². The second kappa shape index (κ2) is 5.17. The average molecular weight is 297 g/mol. The van der Waals surface area contributed by atoms with Gasteiger partial charge in [-0.05, 0) is 51.8 Å². The zero-order valence-corrected chi connectivity index (χ0v) is 13.2. The molecule has 1 saturated heterocycles. The monoisotopic (exact) mass is 296 g/mol. The molecule has 1 aromatic rings. The van der Waals surface area contributed by atoms with E-state index in [0.717, 1.165) is 5.56 Å². The highest BCUT2D eigenvalue weighted by atomic mass is 35.5. The molecule has 1 aromatic carbocycles. The third-order valence-electron chi connectivity index (χ3n) is 3.99. The Balaban J connectivity index is 2.27. The fourth-order valence-electron chi connectivity index (χ4n) is 1.95. The molecule has 1 aliphatic heterocycles. The minimum atomic E-state index is -0.989. The zero-order chi connectivity index (χ0) is 15.1. The highest BCUT2D eigenvalue weighted by molar-refractivity contribution is 6.54. The summed E-state index contributed by atoms with van der Waals surface area (Å²) in [5.74, 6) is 0. The fraction of sp³-hybridized carbons (Fsp3) is 0.467. The number of halogens is 2. The zero-order valence-electron chi connectivity index (χ0n) is 12.5. The molecule has 2 nitrogen and oxygen atoms in total. The van der Waals surface area contributed by atoms with E-state index in [1.807, 2.05) is 46.8 Å². The third kappa shape index (κ3) is 2.78. The molecule has 0 aliphatic carbocycles. The molecule has 108 valence electrons. The van der Waals surface area contributed by atoms with Gasteiger partial charge in [0, 0.05) is 0 Å². The number of aryl methyl sites for hydroxylation is 1. The van der Waals surface area contributed by atoms with Crippen molar-refractivity contribution in [3.8, 4) is 0 Å². The number of rotatable bonds is 2. The van der Waals surface area contributed by atoms with E-state index in [-0.39, 0.29) is 0 Å². The van der Waals surface area contributed by atoms with E-state index >= 15 is 0 Å². The first kappa shape index (κ1) is 15.6. The van der Waals surface area contributed by atoms with Crippen LogP contribution in [-0.2, 0) is 9.31 Å². The smallest absolute Gasteiger partial charge is 0.398 e. The van der Waals surface area contributed by atoms with Gasteiger partial charge in [0.05, 0.1) is 16.2 Å². The highest BCUT2D eigenvalue weighted by Gasteiger charge is 2.53. The van der Waals surface area contributed by atoms with Gasteiger partial charge in [0.25, 0.3) is 0 Å². The molecular formula is C15H19BClFO2. The van der Waals surface area contributed by atoms with E-state index < -0.39 is 24.0 Å². The van der Waals surface area contributed by atoms with Crippen molar-refractivity contribution in [1.29, 1.82) is 0 Å². The molecule has 0 radical (unpaired) electrons. The summed E-state index contributed by atoms with van der Waals surface area (Å²) in [5, 5.41) is 0.541. The van der Waals surface area contributed by atoms with E-state index in [4.69, 9.17) is 20.9 Å². The summed E-state index contributed by atoms with van der Waals surface area (Å²) in [7, 11) is -0.989. The Hall–Kier alpha value is -0.835. The molecule has 1 fully saturated rings. The lowest BCUT2D eigenvalue weighted by molar-refractivity contribution is 0.00578. The predicted octanol–water partition coefficient (Wildman–Crippen LogP) is 4.59. The summed E-state index contributed by atoms with van der Waals surface area (Å²) in [6, 6.07) is 5.48. The summed E-state index contributed by atoms with van der Waals surface area (Å²) in [6.07, 6.45) is 1.37. The normalized spacial score (nSPS) is 21.4. The Kier molecular flexibility index (Phi) is 4.02. The van der Waals surface area contributed by atoms with E-state index in [1.165, 1.54) is 6.08 Å². The Labute approximate surface area is 125 Å². The molecule has 0 unspecified atom stereocenters. The molecule has 2 rings (SSSR count). The van der Waals surface area contributed by atoms with Gasteiger partial charge in [-0.1, -0.05) is 29.8 Å². The first-order valence-electron chi connectivity index (χ1n) is 6.62. The van der Waals surface area contributed by atoms with Crippen molar-refractivity contribution < 1.29 is 13.7 Å². The molecule has 0 aromatic heterocycles. The molecular weight excluding hydrogens is 277 g/mol. The van der Waals surface area contributed by atoms with Crippen LogP contribution in [0.2, 0.25) is 5.02 Å². The predicted molar refractivity (Wildman–Crippen MR) is 81.4 cm³/mol. The lowest BCUT2D eigenvalue weighted by Gasteiger charge is -2.32. The molecule has 1 heterocycles. The summed E-state index contributed by atoms with van der Waals surface area (Å²) in [4.78, 5) is 0. The van der Waals surface area contributed by atoms with Crippen LogP contribution in [0.4, 0.5) is 4.39 Å². The fourth-order valence-corrected chi connectivity index (χ4v) is 2.13. The Morgan fingerprint density at radius 1 is 1.20 bits per heavy atom. The maximum absolute atomic E-state index is 14.3. The third-order valence-corrected chi connectivity index (χ3v) is 4.51. The van der Waals surface area contributed by atoms with Gasteiger partial charge in [-0.3, -0.25) is 0 Å². The lowest BCUT2D eigenvalue weighted by Crippen LogP contribution is -2.41. The summed E-state index contributed by atoms with van der Waals surface area (Å²) >= 11 is 6.16. The van der Waals surface area contributed by atoms with Crippen LogP contribution in [-0.4, -0.2) is 18.3 Å². The first-order chi connectivity index (χ1) is 9.14. The quantitative estimate of drug-likeness (QED) is 0.743. The van der Waals surface area contributed by atoms with Crippen LogP contribution in [0.25, 0.3) is 6.08 Å². The van der Waals surface area contributed by atoms with Crippen LogP contribution < -0.4 is 0 Å². The number of hydrogen-bond donors (Lipinski definition) is 0. The number of hydrogen-bond acceptors (Lipinski definition) is 2. The molecule has 0 spiro atoms. The SMILES string of the molecule is Cc1cccc(/C=C(\F)B2OC(C)(C)C(C)(C)O2)c1Cl. The van der Waals surface area contributed by atoms with Crippen molar-refractivity contribution in [3.63, 3.8) is 0 Å². The minimum absolute atomic E-state index is 0.476. The van der Waals surface area contributed by atoms with Crippen molar-refractivity contribution in [2.24, 2.45) is 0 Å². The second-order valence-corrected chi connectivity index (χ2v) is 6.47. The van der Waals surface area contributed by atoms with Crippen molar-refractivity contribution in [3.05, 3.63) is 40.1 Å².